The summed E-state index contributed by atoms with van der Waals surface area (Å²) in [5, 5.41) is 8.56. The van der Waals surface area contributed by atoms with Crippen LogP contribution in [-0.4, -0.2) is 48.3 Å². The molecule has 8 heteroatoms. The third kappa shape index (κ3) is 73.9. The lowest BCUT2D eigenvalue weighted by molar-refractivity contribution is -0.167. The Morgan fingerprint density at radius 2 is 0.395 bits per heavy atom. The van der Waals surface area contributed by atoms with Gasteiger partial charge < -0.3 is 19.3 Å². The smallest absolute Gasteiger partial charge is 0.306 e. The van der Waals surface area contributed by atoms with Crippen molar-refractivity contribution >= 4 is 23.9 Å². The third-order valence-electron chi connectivity index (χ3n) is 16.6. The van der Waals surface area contributed by atoms with E-state index in [1.54, 1.807) is 0 Å². The molecule has 0 radical (unpaired) electrons. The van der Waals surface area contributed by atoms with Gasteiger partial charge >= 0.3 is 23.9 Å². The average molecular weight is 1150 g/mol. The summed E-state index contributed by atoms with van der Waals surface area (Å²) in [6.07, 6.45) is 75.4. The second-order valence-electron chi connectivity index (χ2n) is 25.0. The first-order chi connectivity index (χ1) is 39.8. The zero-order valence-corrected chi connectivity index (χ0v) is 55.1. The maximum absolute atomic E-state index is 12.8. The van der Waals surface area contributed by atoms with Crippen molar-refractivity contribution in [2.75, 3.05) is 13.2 Å². The number of rotatable bonds is 67. The summed E-state index contributed by atoms with van der Waals surface area (Å²) in [6, 6.07) is 0. The van der Waals surface area contributed by atoms with Gasteiger partial charge in [-0.05, 0) is 25.7 Å². The fourth-order valence-electron chi connectivity index (χ4n) is 11.1. The van der Waals surface area contributed by atoms with Gasteiger partial charge in [-0.2, -0.15) is 0 Å². The Labute approximate surface area is 505 Å². The molecule has 8 nitrogen and oxygen atoms in total. The molecule has 0 aliphatic carbocycles. The van der Waals surface area contributed by atoms with Crippen LogP contribution in [0.4, 0.5) is 0 Å². The summed E-state index contributed by atoms with van der Waals surface area (Å²) in [5.74, 6) is -1.49. The number of carbonyl (C=O) groups excluding carboxylic acids is 3. The molecule has 1 N–H and O–H groups in total. The van der Waals surface area contributed by atoms with E-state index < -0.39 is 12.1 Å². The second kappa shape index (κ2) is 72.1. The van der Waals surface area contributed by atoms with Crippen LogP contribution in [0.2, 0.25) is 0 Å². The van der Waals surface area contributed by atoms with E-state index >= 15 is 0 Å². The van der Waals surface area contributed by atoms with Crippen LogP contribution in [0.1, 0.15) is 426 Å². The minimum absolute atomic E-state index is 0.0619. The predicted octanol–water partition coefficient (Wildman–Crippen LogP) is 24.3. The molecule has 0 aromatic carbocycles. The number of aliphatic carboxylic acids is 1. The van der Waals surface area contributed by atoms with E-state index in [0.717, 1.165) is 70.6 Å². The van der Waals surface area contributed by atoms with Gasteiger partial charge in [-0.15, -0.1) is 0 Å². The van der Waals surface area contributed by atoms with Crippen LogP contribution >= 0.6 is 0 Å². The molecule has 0 unspecified atom stereocenters. The first kappa shape index (κ1) is 80.9. The number of ether oxygens (including phenoxy) is 3. The van der Waals surface area contributed by atoms with E-state index in [4.69, 9.17) is 19.3 Å². The highest BCUT2D eigenvalue weighted by Crippen LogP contribution is 2.19. The predicted molar refractivity (Wildman–Crippen MR) is 348 cm³/mol. The minimum atomic E-state index is -0.759. The van der Waals surface area contributed by atoms with Gasteiger partial charge in [0.15, 0.2) is 6.10 Å². The number of unbranched alkanes of at least 4 members (excludes halogenated alkanes) is 54. The monoisotopic (exact) mass is 1150 g/mol. The third-order valence-corrected chi connectivity index (χ3v) is 16.6. The number of carboxylic acid groups (broad SMARTS) is 1. The van der Waals surface area contributed by atoms with Crippen molar-refractivity contribution in [2.24, 2.45) is 0 Å². The normalized spacial score (nSPS) is 11.3. The summed E-state index contributed by atoms with van der Waals surface area (Å²) in [7, 11) is 0. The lowest BCUT2D eigenvalue weighted by Crippen LogP contribution is -2.30. The number of carboxylic acids is 1. The van der Waals surface area contributed by atoms with E-state index in [0.29, 0.717) is 25.7 Å². The maximum atomic E-state index is 12.8. The molecule has 0 rings (SSSR count). The lowest BCUT2D eigenvalue weighted by atomic mass is 10.0. The maximum Gasteiger partial charge on any atom is 0.306 e. The summed E-state index contributed by atoms with van der Waals surface area (Å²) >= 11 is 0. The van der Waals surface area contributed by atoms with E-state index in [-0.39, 0.29) is 31.1 Å². The van der Waals surface area contributed by atoms with Gasteiger partial charge in [0.25, 0.3) is 0 Å². The van der Waals surface area contributed by atoms with Crippen LogP contribution in [0.25, 0.3) is 0 Å². The van der Waals surface area contributed by atoms with Gasteiger partial charge in [0.2, 0.25) is 0 Å². The van der Waals surface area contributed by atoms with Gasteiger partial charge in [0.1, 0.15) is 13.2 Å². The van der Waals surface area contributed by atoms with Gasteiger partial charge in [0.05, 0.1) is 0 Å². The van der Waals surface area contributed by atoms with E-state index in [1.165, 1.54) is 302 Å². The molecule has 0 saturated carbocycles. The lowest BCUT2D eigenvalue weighted by Gasteiger charge is -2.18. The van der Waals surface area contributed by atoms with Crippen LogP contribution in [-0.2, 0) is 33.4 Å². The molecule has 0 aromatic rings. The largest absolute Gasteiger partial charge is 0.481 e. The molecular formula is C73H142O8. The molecule has 482 valence electrons. The van der Waals surface area contributed by atoms with E-state index in [1.807, 2.05) is 0 Å². The fraction of sp³-hybridized carbons (Fsp3) is 0.945. The van der Waals surface area contributed by atoms with Crippen molar-refractivity contribution in [3.8, 4) is 0 Å². The van der Waals surface area contributed by atoms with Crippen molar-refractivity contribution in [1.29, 1.82) is 0 Å². The Morgan fingerprint density at radius 1 is 0.235 bits per heavy atom. The SMILES string of the molecule is CCCCCCCCCCCCCCCC(=O)OCC(COC(=O)CCCCCCCCCCCCCCC)OC(=O)CCCCCCCCCCCCCCC.CCCCCCCCCCCCCCCCCCCCCC(=O)O. The number of hydrogen-bond donors (Lipinski definition) is 1. The van der Waals surface area contributed by atoms with Crippen molar-refractivity contribution in [3.05, 3.63) is 0 Å². The van der Waals surface area contributed by atoms with E-state index in [9.17, 15) is 19.2 Å². The summed E-state index contributed by atoms with van der Waals surface area (Å²) < 4.78 is 16.8. The molecule has 0 spiro atoms. The molecule has 0 amide bonds. The van der Waals surface area contributed by atoms with Gasteiger partial charge in [0, 0.05) is 25.7 Å². The summed E-state index contributed by atoms with van der Waals surface area (Å²) in [6.45, 7) is 8.96. The van der Waals surface area contributed by atoms with Gasteiger partial charge in [-0.3, -0.25) is 19.2 Å². The highest BCUT2D eigenvalue weighted by Gasteiger charge is 2.20. The minimum Gasteiger partial charge on any atom is -0.481 e. The number of carbonyl (C=O) groups is 4. The van der Waals surface area contributed by atoms with Gasteiger partial charge in [-0.25, -0.2) is 0 Å². The summed E-state index contributed by atoms with van der Waals surface area (Å²) in [5.41, 5.74) is 0. The Hall–Kier alpha value is -2.12. The Kier molecular flexibility index (Phi) is 72.1. The van der Waals surface area contributed by atoms with Crippen molar-refractivity contribution in [3.63, 3.8) is 0 Å². The zero-order valence-electron chi connectivity index (χ0n) is 55.1. The summed E-state index contributed by atoms with van der Waals surface area (Å²) in [4.78, 5) is 48.3. The van der Waals surface area contributed by atoms with Crippen LogP contribution in [0, 0.1) is 0 Å². The first-order valence-electron chi connectivity index (χ1n) is 36.5. The topological polar surface area (TPSA) is 116 Å². The molecule has 0 heterocycles. The van der Waals surface area contributed by atoms with Crippen LogP contribution in [0.3, 0.4) is 0 Å². The average Bonchev–Trinajstić information content (AvgIpc) is 3.46. The van der Waals surface area contributed by atoms with Crippen LogP contribution in [0.15, 0.2) is 0 Å². The van der Waals surface area contributed by atoms with Crippen LogP contribution in [0.5, 0.6) is 0 Å². The quantitative estimate of drug-likeness (QED) is 0.0364. The van der Waals surface area contributed by atoms with Gasteiger partial charge in [-0.1, -0.05) is 374 Å². The Balaban J connectivity index is 0. The van der Waals surface area contributed by atoms with E-state index in [2.05, 4.69) is 27.7 Å². The Bertz CT molecular complexity index is 1210. The highest BCUT2D eigenvalue weighted by atomic mass is 16.6. The van der Waals surface area contributed by atoms with Crippen molar-refractivity contribution in [2.45, 2.75) is 432 Å². The van der Waals surface area contributed by atoms with Crippen molar-refractivity contribution in [1.82, 2.24) is 0 Å². The molecule has 0 aliphatic rings. The Morgan fingerprint density at radius 3 is 0.580 bits per heavy atom. The number of hydrogen-bond acceptors (Lipinski definition) is 7. The molecule has 0 atom stereocenters. The molecule has 0 saturated heterocycles. The zero-order chi connectivity index (χ0) is 59.3. The highest BCUT2D eigenvalue weighted by molar-refractivity contribution is 5.71. The molecule has 0 bridgehead atoms. The number of esters is 3. The van der Waals surface area contributed by atoms with Crippen LogP contribution < -0.4 is 0 Å². The molecular weight excluding hydrogens is 1000 g/mol. The molecule has 0 fully saturated rings. The fourth-order valence-corrected chi connectivity index (χ4v) is 11.1. The molecule has 0 aromatic heterocycles. The molecule has 81 heavy (non-hydrogen) atoms. The second-order valence-corrected chi connectivity index (χ2v) is 25.0. The van der Waals surface area contributed by atoms with Crippen molar-refractivity contribution < 1.29 is 38.5 Å². The molecule has 0 aliphatic heterocycles. The first-order valence-corrected chi connectivity index (χ1v) is 36.5. The standard InChI is InChI=1S/C51H98O6.C22H44O2/c1-4-7-10-13-16-19-22-25-28-31-34-37-40-43-49(52)55-46-48(57-51(54)45-42-39-36-33-30-27-24-21-18-15-12-9-6-3)47-56-50(53)44-41-38-35-32-29-26-23-20-17-14-11-8-5-2;1-2-3-4-5-6-7-8-9-10-11-12-13-14-15-16-17-18-19-20-21-22(23)24/h48H,4-47H2,1-3H3;2-21H2,1H3,(H,23,24).